The zero-order valence-corrected chi connectivity index (χ0v) is 11.4. The van der Waals surface area contributed by atoms with Crippen LogP contribution in [-0.4, -0.2) is 12.1 Å². The zero-order valence-electron chi connectivity index (χ0n) is 10.7. The van der Waals surface area contributed by atoms with Gasteiger partial charge in [-0.25, -0.2) is 0 Å². The number of hydrogen-bond donors (Lipinski definition) is 2. The largest absolute Gasteiger partial charge is 0.495 e. The van der Waals surface area contributed by atoms with Crippen LogP contribution >= 0.6 is 11.6 Å². The van der Waals surface area contributed by atoms with Crippen LogP contribution in [-0.2, 0) is 0 Å². The summed E-state index contributed by atoms with van der Waals surface area (Å²) in [6.45, 7) is 0. The number of hydrogen-bond acceptors (Lipinski definition) is 5. The third kappa shape index (κ3) is 1.83. The first-order chi connectivity index (χ1) is 9.61. The van der Waals surface area contributed by atoms with E-state index in [1.807, 2.05) is 6.07 Å². The number of pyridine rings is 1. The zero-order chi connectivity index (χ0) is 14.3. The Kier molecular flexibility index (Phi) is 2.91. The second kappa shape index (κ2) is 4.61. The summed E-state index contributed by atoms with van der Waals surface area (Å²) in [4.78, 5) is 4.33. The molecule has 3 rings (SSSR count). The minimum absolute atomic E-state index is 0.190. The van der Waals surface area contributed by atoms with Crippen molar-refractivity contribution in [2.45, 2.75) is 0 Å². The standard InChI is InChI=1S/C14H12ClN3O2/c1-19-10-6-7(2-3-9(10)15)12-13-8(4-5-18-12)11(16)14(17)20-13/h2-6H,16-17H2,1H3. The maximum absolute atomic E-state index is 6.02. The number of nitrogen functional groups attached to an aromatic ring is 2. The number of aromatic nitrogens is 1. The maximum atomic E-state index is 6.02. The van der Waals surface area contributed by atoms with Crippen LogP contribution in [0.2, 0.25) is 5.02 Å². The smallest absolute Gasteiger partial charge is 0.214 e. The Hall–Kier alpha value is -2.40. The van der Waals surface area contributed by atoms with Gasteiger partial charge in [0.15, 0.2) is 5.58 Å². The summed E-state index contributed by atoms with van der Waals surface area (Å²) in [6.07, 6.45) is 1.66. The number of fused-ring (bicyclic) bond motifs is 1. The monoisotopic (exact) mass is 289 g/mol. The van der Waals surface area contributed by atoms with Gasteiger partial charge in [0.05, 0.1) is 12.1 Å². The quantitative estimate of drug-likeness (QED) is 0.755. The molecule has 2 aromatic heterocycles. The minimum atomic E-state index is 0.190. The van der Waals surface area contributed by atoms with Gasteiger partial charge in [-0.3, -0.25) is 4.98 Å². The van der Waals surface area contributed by atoms with E-state index < -0.39 is 0 Å². The Morgan fingerprint density at radius 3 is 2.80 bits per heavy atom. The summed E-state index contributed by atoms with van der Waals surface area (Å²) in [7, 11) is 1.56. The van der Waals surface area contributed by atoms with E-state index in [4.69, 9.17) is 32.2 Å². The van der Waals surface area contributed by atoms with Crippen molar-refractivity contribution < 1.29 is 9.15 Å². The molecule has 20 heavy (non-hydrogen) atoms. The van der Waals surface area contributed by atoms with Crippen LogP contribution < -0.4 is 16.2 Å². The van der Waals surface area contributed by atoms with Crippen LogP contribution in [0.1, 0.15) is 0 Å². The molecule has 0 bridgehead atoms. The molecule has 0 saturated heterocycles. The lowest BCUT2D eigenvalue weighted by atomic mass is 10.1. The summed E-state index contributed by atoms with van der Waals surface area (Å²) < 4.78 is 10.7. The highest BCUT2D eigenvalue weighted by molar-refractivity contribution is 6.32. The molecule has 2 heterocycles. The summed E-state index contributed by atoms with van der Waals surface area (Å²) in [5, 5.41) is 1.27. The molecule has 6 heteroatoms. The molecule has 102 valence electrons. The van der Waals surface area contributed by atoms with Crippen molar-refractivity contribution in [2.24, 2.45) is 0 Å². The Morgan fingerprint density at radius 2 is 2.05 bits per heavy atom. The van der Waals surface area contributed by atoms with Crippen LogP contribution in [0.4, 0.5) is 11.6 Å². The summed E-state index contributed by atoms with van der Waals surface area (Å²) in [5.74, 6) is 0.755. The highest BCUT2D eigenvalue weighted by atomic mass is 35.5. The average Bonchev–Trinajstić information content (AvgIpc) is 2.75. The van der Waals surface area contributed by atoms with Gasteiger partial charge in [-0.2, -0.15) is 0 Å². The van der Waals surface area contributed by atoms with E-state index in [0.29, 0.717) is 27.7 Å². The molecular formula is C14H12ClN3O2. The SMILES string of the molecule is COc1cc(-c2nccc3c(N)c(N)oc23)ccc1Cl. The molecule has 0 spiro atoms. The maximum Gasteiger partial charge on any atom is 0.214 e. The molecule has 0 aliphatic heterocycles. The third-order valence-corrected chi connectivity index (χ3v) is 3.41. The predicted molar refractivity (Wildman–Crippen MR) is 79.8 cm³/mol. The van der Waals surface area contributed by atoms with E-state index in [2.05, 4.69) is 4.98 Å². The van der Waals surface area contributed by atoms with Crippen molar-refractivity contribution in [3.8, 4) is 17.0 Å². The molecule has 5 nitrogen and oxygen atoms in total. The first-order valence-corrected chi connectivity index (χ1v) is 6.26. The van der Waals surface area contributed by atoms with Crippen LogP contribution in [0.3, 0.4) is 0 Å². The molecule has 0 atom stereocenters. The molecule has 0 unspecified atom stereocenters. The van der Waals surface area contributed by atoms with Gasteiger partial charge in [-0.05, 0) is 18.2 Å². The van der Waals surface area contributed by atoms with E-state index in [-0.39, 0.29) is 5.88 Å². The molecule has 0 fully saturated rings. The van der Waals surface area contributed by atoms with Gasteiger partial charge in [0.2, 0.25) is 5.88 Å². The third-order valence-electron chi connectivity index (χ3n) is 3.10. The number of furan rings is 1. The fourth-order valence-electron chi connectivity index (χ4n) is 2.07. The highest BCUT2D eigenvalue weighted by Crippen LogP contribution is 2.37. The first kappa shape index (κ1) is 12.6. The number of methoxy groups -OCH3 is 1. The lowest BCUT2D eigenvalue weighted by Gasteiger charge is -2.06. The normalized spacial score (nSPS) is 10.9. The van der Waals surface area contributed by atoms with Gasteiger partial charge in [0.1, 0.15) is 17.1 Å². The van der Waals surface area contributed by atoms with E-state index in [1.165, 1.54) is 0 Å². The topological polar surface area (TPSA) is 87.3 Å². The Bertz CT molecular complexity index is 798. The molecule has 4 N–H and O–H groups in total. The van der Waals surface area contributed by atoms with Crippen molar-refractivity contribution in [3.63, 3.8) is 0 Å². The van der Waals surface area contributed by atoms with E-state index >= 15 is 0 Å². The van der Waals surface area contributed by atoms with E-state index in [1.54, 1.807) is 31.5 Å². The van der Waals surface area contributed by atoms with Crippen LogP contribution in [0, 0.1) is 0 Å². The second-order valence-electron chi connectivity index (χ2n) is 4.27. The van der Waals surface area contributed by atoms with Crippen molar-refractivity contribution in [1.82, 2.24) is 4.98 Å². The van der Waals surface area contributed by atoms with Gasteiger partial charge in [-0.15, -0.1) is 0 Å². The predicted octanol–water partition coefficient (Wildman–Crippen LogP) is 3.32. The van der Waals surface area contributed by atoms with Crippen LogP contribution in [0.5, 0.6) is 5.75 Å². The number of benzene rings is 1. The van der Waals surface area contributed by atoms with Gasteiger partial charge >= 0.3 is 0 Å². The molecule has 0 radical (unpaired) electrons. The second-order valence-corrected chi connectivity index (χ2v) is 4.67. The number of ether oxygens (including phenoxy) is 1. The molecule has 0 saturated carbocycles. The van der Waals surface area contributed by atoms with E-state index in [9.17, 15) is 0 Å². The molecule has 3 aromatic rings. The Balaban J connectivity index is 2.27. The molecule has 0 aliphatic rings. The van der Waals surface area contributed by atoms with Crippen molar-refractivity contribution >= 4 is 34.1 Å². The fourth-order valence-corrected chi connectivity index (χ4v) is 2.27. The lowest BCUT2D eigenvalue weighted by molar-refractivity contribution is 0.415. The Labute approximate surface area is 120 Å². The van der Waals surface area contributed by atoms with Crippen LogP contribution in [0.25, 0.3) is 22.2 Å². The first-order valence-electron chi connectivity index (χ1n) is 5.88. The summed E-state index contributed by atoms with van der Waals surface area (Å²) >= 11 is 6.02. The van der Waals surface area contributed by atoms with Gasteiger partial charge in [0.25, 0.3) is 0 Å². The number of anilines is 2. The highest BCUT2D eigenvalue weighted by Gasteiger charge is 2.15. The summed E-state index contributed by atoms with van der Waals surface area (Å²) in [5.41, 5.74) is 14.0. The van der Waals surface area contributed by atoms with Gasteiger partial charge < -0.3 is 20.6 Å². The lowest BCUT2D eigenvalue weighted by Crippen LogP contribution is -1.89. The van der Waals surface area contributed by atoms with Gasteiger partial charge in [0, 0.05) is 17.1 Å². The van der Waals surface area contributed by atoms with E-state index in [0.717, 1.165) is 10.9 Å². The average molecular weight is 290 g/mol. The molecule has 0 amide bonds. The minimum Gasteiger partial charge on any atom is -0.495 e. The van der Waals surface area contributed by atoms with Crippen molar-refractivity contribution in [1.29, 1.82) is 0 Å². The molecular weight excluding hydrogens is 278 g/mol. The number of nitrogens with two attached hydrogens (primary N) is 2. The number of nitrogens with zero attached hydrogens (tertiary/aromatic N) is 1. The Morgan fingerprint density at radius 1 is 1.25 bits per heavy atom. The fraction of sp³-hybridized carbons (Fsp3) is 0.0714. The number of halogens is 1. The summed E-state index contributed by atoms with van der Waals surface area (Å²) in [6, 6.07) is 7.13. The van der Waals surface area contributed by atoms with Crippen molar-refractivity contribution in [3.05, 3.63) is 35.5 Å². The van der Waals surface area contributed by atoms with Crippen molar-refractivity contribution in [2.75, 3.05) is 18.6 Å². The molecule has 0 aliphatic carbocycles. The van der Waals surface area contributed by atoms with Crippen LogP contribution in [0.15, 0.2) is 34.9 Å². The number of rotatable bonds is 2. The van der Waals surface area contributed by atoms with Gasteiger partial charge in [-0.1, -0.05) is 17.7 Å². The molecule has 1 aromatic carbocycles.